The Hall–Kier alpha value is -3.15. The molecule has 3 aromatic carbocycles. The van der Waals surface area contributed by atoms with Crippen LogP contribution in [0.4, 0.5) is 17.1 Å². The van der Waals surface area contributed by atoms with Crippen molar-refractivity contribution in [2.45, 2.75) is 9.79 Å². The third-order valence-corrected chi connectivity index (χ3v) is 7.03. The summed E-state index contributed by atoms with van der Waals surface area (Å²) in [5, 5.41) is 11.3. The summed E-state index contributed by atoms with van der Waals surface area (Å²) < 4.78 is 54.6. The molecule has 0 amide bonds. The maximum Gasteiger partial charge on any atom is 0.289 e. The summed E-state index contributed by atoms with van der Waals surface area (Å²) in [4.78, 5) is 9.64. The molecule has 156 valence electrons. The normalized spacial score (nSPS) is 11.6. The van der Waals surface area contributed by atoms with Gasteiger partial charge in [-0.15, -0.1) is 0 Å². The number of nitrogens with zero attached hydrogens (tertiary/aromatic N) is 1. The second-order valence-corrected chi connectivity index (χ2v) is 9.68. The molecule has 3 aromatic rings. The zero-order chi connectivity index (χ0) is 21.9. The molecule has 0 spiro atoms. The molecule has 9 nitrogen and oxygen atoms in total. The lowest BCUT2D eigenvalue weighted by molar-refractivity contribution is -0.387. The van der Waals surface area contributed by atoms with Gasteiger partial charge in [-0.25, -0.2) is 16.8 Å². The molecule has 0 aliphatic heterocycles. The van der Waals surface area contributed by atoms with Crippen LogP contribution in [0.2, 0.25) is 5.02 Å². The van der Waals surface area contributed by atoms with Crippen LogP contribution in [-0.4, -0.2) is 21.8 Å². The van der Waals surface area contributed by atoms with Gasteiger partial charge in [0.2, 0.25) is 0 Å². The van der Waals surface area contributed by atoms with Crippen molar-refractivity contribution in [2.24, 2.45) is 0 Å². The average Bonchev–Trinajstić information content (AvgIpc) is 2.70. The van der Waals surface area contributed by atoms with Gasteiger partial charge >= 0.3 is 0 Å². The van der Waals surface area contributed by atoms with Crippen molar-refractivity contribution in [3.63, 3.8) is 0 Å². The highest BCUT2D eigenvalue weighted by molar-refractivity contribution is 7.93. The van der Waals surface area contributed by atoms with Gasteiger partial charge in [-0.05, 0) is 42.5 Å². The van der Waals surface area contributed by atoms with Gasteiger partial charge < -0.3 is 0 Å². The lowest BCUT2D eigenvalue weighted by Gasteiger charge is -2.11. The van der Waals surface area contributed by atoms with Crippen LogP contribution >= 0.6 is 11.6 Å². The summed E-state index contributed by atoms with van der Waals surface area (Å²) in [5.74, 6) is 0. The molecule has 0 aliphatic rings. The number of nitrogens with one attached hydrogen (secondary N) is 2. The summed E-state index contributed by atoms with van der Waals surface area (Å²) in [6.45, 7) is 0. The Morgan fingerprint density at radius 2 is 1.37 bits per heavy atom. The molecule has 0 heterocycles. The van der Waals surface area contributed by atoms with Crippen LogP contribution in [0.1, 0.15) is 0 Å². The second kappa shape index (κ2) is 8.30. The first-order chi connectivity index (χ1) is 14.1. The molecule has 0 aliphatic carbocycles. The Labute approximate surface area is 177 Å². The lowest BCUT2D eigenvalue weighted by atomic mass is 10.3. The number of hydrogen-bond acceptors (Lipinski definition) is 6. The van der Waals surface area contributed by atoms with E-state index in [2.05, 4.69) is 9.44 Å². The Kier molecular flexibility index (Phi) is 5.97. The maximum atomic E-state index is 12.5. The van der Waals surface area contributed by atoms with E-state index in [1.54, 1.807) is 12.1 Å². The summed E-state index contributed by atoms with van der Waals surface area (Å²) in [6, 6.07) is 16.0. The number of para-hydroxylation sites is 2. The topological polar surface area (TPSA) is 135 Å². The molecule has 0 radical (unpaired) electrons. The van der Waals surface area contributed by atoms with Gasteiger partial charge in [0.1, 0.15) is 0 Å². The van der Waals surface area contributed by atoms with Gasteiger partial charge in [-0.2, -0.15) is 0 Å². The van der Waals surface area contributed by atoms with E-state index in [1.807, 2.05) is 0 Å². The fraction of sp³-hybridized carbons (Fsp3) is 0. The van der Waals surface area contributed by atoms with Crippen LogP contribution in [0, 0.1) is 10.1 Å². The number of benzene rings is 3. The second-order valence-electron chi connectivity index (χ2n) is 5.94. The fourth-order valence-corrected chi connectivity index (χ4v) is 5.05. The van der Waals surface area contributed by atoms with E-state index in [-0.39, 0.29) is 21.3 Å². The van der Waals surface area contributed by atoms with Crippen molar-refractivity contribution in [2.75, 3.05) is 9.44 Å². The van der Waals surface area contributed by atoms with E-state index in [0.717, 1.165) is 12.1 Å². The zero-order valence-electron chi connectivity index (χ0n) is 15.0. The zero-order valence-corrected chi connectivity index (χ0v) is 17.4. The van der Waals surface area contributed by atoms with Crippen molar-refractivity contribution >= 4 is 48.7 Å². The molecule has 0 saturated heterocycles. The van der Waals surface area contributed by atoms with Crippen molar-refractivity contribution in [1.82, 2.24) is 0 Å². The number of rotatable bonds is 7. The summed E-state index contributed by atoms with van der Waals surface area (Å²) in [5.41, 5.74) is -0.349. The Morgan fingerprint density at radius 1 is 0.767 bits per heavy atom. The van der Waals surface area contributed by atoms with E-state index in [1.165, 1.54) is 48.5 Å². The van der Waals surface area contributed by atoms with Gasteiger partial charge in [-0.1, -0.05) is 35.9 Å². The van der Waals surface area contributed by atoms with E-state index >= 15 is 0 Å². The van der Waals surface area contributed by atoms with Crippen molar-refractivity contribution in [1.29, 1.82) is 0 Å². The number of halogens is 1. The molecule has 0 atom stereocenters. The number of nitro benzene ring substituents is 1. The van der Waals surface area contributed by atoms with E-state index < -0.39 is 35.6 Å². The molecule has 30 heavy (non-hydrogen) atoms. The minimum atomic E-state index is -4.27. The predicted molar refractivity (Wildman–Crippen MR) is 113 cm³/mol. The summed E-state index contributed by atoms with van der Waals surface area (Å²) in [6.07, 6.45) is 0. The Bertz CT molecular complexity index is 1310. The van der Waals surface area contributed by atoms with Gasteiger partial charge in [0.25, 0.3) is 25.7 Å². The molecule has 0 unspecified atom stereocenters. The average molecular weight is 468 g/mol. The van der Waals surface area contributed by atoms with Crippen molar-refractivity contribution < 1.29 is 21.8 Å². The highest BCUT2D eigenvalue weighted by atomic mass is 35.5. The van der Waals surface area contributed by atoms with Crippen molar-refractivity contribution in [3.05, 3.63) is 87.9 Å². The van der Waals surface area contributed by atoms with Crippen LogP contribution in [-0.2, 0) is 20.0 Å². The quantitative estimate of drug-likeness (QED) is 0.400. The van der Waals surface area contributed by atoms with Gasteiger partial charge in [0, 0.05) is 11.8 Å². The van der Waals surface area contributed by atoms with Crippen LogP contribution in [0.3, 0.4) is 0 Å². The molecule has 0 bridgehead atoms. The fourth-order valence-electron chi connectivity index (χ4n) is 2.50. The van der Waals surface area contributed by atoms with Crippen molar-refractivity contribution in [3.8, 4) is 0 Å². The van der Waals surface area contributed by atoms with Crippen LogP contribution in [0.5, 0.6) is 0 Å². The predicted octanol–water partition coefficient (Wildman–Crippen LogP) is 3.85. The number of sulfonamides is 2. The van der Waals surface area contributed by atoms with E-state index in [9.17, 15) is 26.9 Å². The van der Waals surface area contributed by atoms with Crippen LogP contribution in [0.15, 0.2) is 82.6 Å². The van der Waals surface area contributed by atoms with Gasteiger partial charge in [0.15, 0.2) is 4.90 Å². The highest BCUT2D eigenvalue weighted by Gasteiger charge is 2.25. The minimum Gasteiger partial charge on any atom is -0.279 e. The third kappa shape index (κ3) is 4.70. The molecule has 3 rings (SSSR count). The molecule has 0 saturated carbocycles. The smallest absolute Gasteiger partial charge is 0.279 e. The Morgan fingerprint density at radius 3 is 2.00 bits per heavy atom. The first-order valence-corrected chi connectivity index (χ1v) is 11.6. The largest absolute Gasteiger partial charge is 0.289 e. The summed E-state index contributed by atoms with van der Waals surface area (Å²) in [7, 11) is -8.23. The van der Waals surface area contributed by atoms with Gasteiger partial charge in [0.05, 0.1) is 20.5 Å². The first kappa shape index (κ1) is 21.6. The third-order valence-electron chi connectivity index (χ3n) is 3.89. The molecule has 0 aromatic heterocycles. The minimum absolute atomic E-state index is 0.0323. The Balaban J connectivity index is 1.84. The van der Waals surface area contributed by atoms with Gasteiger partial charge in [-0.3, -0.25) is 19.6 Å². The maximum absolute atomic E-state index is 12.5. The van der Waals surface area contributed by atoms with E-state index in [4.69, 9.17) is 11.6 Å². The molecular weight excluding hydrogens is 454 g/mol. The number of hydrogen-bond donors (Lipinski definition) is 2. The number of anilines is 2. The number of nitro groups is 1. The molecule has 12 heteroatoms. The molecule has 2 N–H and O–H groups in total. The highest BCUT2D eigenvalue weighted by Crippen LogP contribution is 2.27. The van der Waals surface area contributed by atoms with E-state index in [0.29, 0.717) is 0 Å². The molecule has 0 fully saturated rings. The monoisotopic (exact) mass is 467 g/mol. The SMILES string of the molecule is O=[N+]([O-])c1ccccc1S(=O)(=O)Nc1ccc(S(=O)(=O)Nc2ccccc2Cl)cc1. The van der Waals surface area contributed by atoms with Crippen LogP contribution in [0.25, 0.3) is 0 Å². The molecular formula is C18H14ClN3O6S2. The first-order valence-electron chi connectivity index (χ1n) is 8.24. The standard InChI is InChI=1S/C18H14ClN3O6S2/c19-15-5-1-2-6-16(15)21-29(25,26)14-11-9-13(10-12-14)20-30(27,28)18-8-4-3-7-17(18)22(23)24/h1-12,20-21H. The summed E-state index contributed by atoms with van der Waals surface area (Å²) >= 11 is 5.96. The van der Waals surface area contributed by atoms with Crippen LogP contribution < -0.4 is 9.44 Å². The lowest BCUT2D eigenvalue weighted by Crippen LogP contribution is -2.15.